The second-order valence-electron chi connectivity index (χ2n) is 15.6. The highest BCUT2D eigenvalue weighted by molar-refractivity contribution is 6.65. The number of alkyl carbamates (subject to hydrolysis) is 1. The predicted molar refractivity (Wildman–Crippen MR) is 177 cm³/mol. The van der Waals surface area contributed by atoms with Gasteiger partial charge >= 0.3 is 19.2 Å². The molecule has 3 N–H and O–H groups in total. The van der Waals surface area contributed by atoms with Gasteiger partial charge in [0.2, 0.25) is 0 Å². The molecule has 1 heterocycles. The summed E-state index contributed by atoms with van der Waals surface area (Å²) in [7, 11) is -1.37. The molecule has 4 aliphatic rings. The van der Waals surface area contributed by atoms with E-state index in [2.05, 4.69) is 32.7 Å². The second-order valence-corrected chi connectivity index (χ2v) is 16.0. The van der Waals surface area contributed by atoms with Gasteiger partial charge in [-0.25, -0.2) is 9.59 Å². The van der Waals surface area contributed by atoms with Gasteiger partial charge < -0.3 is 34.3 Å². The van der Waals surface area contributed by atoms with Gasteiger partial charge in [-0.2, -0.15) is 0 Å². The molecule has 1 unspecified atom stereocenters. The molecular weight excluding hydrogens is 625 g/mol. The predicted octanol–water partition coefficient (Wildman–Crippen LogP) is 4.91. The fourth-order valence-electron chi connectivity index (χ4n) is 9.01. The van der Waals surface area contributed by atoms with Crippen molar-refractivity contribution in [2.45, 2.75) is 104 Å². The maximum absolute atomic E-state index is 13.6. The number of ether oxygens (including phenoxy) is 3. The molecule has 3 saturated carbocycles. The van der Waals surface area contributed by atoms with Crippen molar-refractivity contribution in [3.8, 4) is 5.75 Å². The molecule has 1 aromatic carbocycles. The lowest BCUT2D eigenvalue weighted by Crippen LogP contribution is -2.63. The van der Waals surface area contributed by atoms with Crippen LogP contribution in [0.4, 0.5) is 4.79 Å². The van der Waals surface area contributed by atoms with Crippen LogP contribution in [0.15, 0.2) is 24.8 Å². The molecule has 9 atom stereocenters. The van der Waals surface area contributed by atoms with Gasteiger partial charge in [-0.05, 0) is 75.3 Å². The van der Waals surface area contributed by atoms with Crippen LogP contribution in [0.1, 0.15) is 92.2 Å². The fourth-order valence-corrected chi connectivity index (χ4v) is 9.33. The van der Waals surface area contributed by atoms with E-state index in [1.165, 1.54) is 0 Å². The van der Waals surface area contributed by atoms with E-state index in [4.69, 9.17) is 30.5 Å². The number of carbonyl (C=O) groups is 3. The zero-order chi connectivity index (χ0) is 34.7. The maximum atomic E-state index is 13.6. The van der Waals surface area contributed by atoms with Gasteiger partial charge in [-0.3, -0.25) is 4.79 Å². The van der Waals surface area contributed by atoms with Gasteiger partial charge in [-0.1, -0.05) is 51.4 Å². The van der Waals surface area contributed by atoms with E-state index in [-0.39, 0.29) is 51.7 Å². The Hall–Kier alpha value is -2.60. The van der Waals surface area contributed by atoms with Crippen LogP contribution >= 0.6 is 11.6 Å². The molecule has 10 nitrogen and oxygen atoms in total. The molecule has 0 saturated heterocycles. The van der Waals surface area contributed by atoms with Crippen molar-refractivity contribution in [1.29, 1.82) is 0 Å². The Morgan fingerprint density at radius 3 is 2.60 bits per heavy atom. The molecule has 2 bridgehead atoms. The summed E-state index contributed by atoms with van der Waals surface area (Å²) in [6, 6.07) is 3.25. The molecule has 1 aliphatic heterocycles. The number of benzene rings is 1. The summed E-state index contributed by atoms with van der Waals surface area (Å²) in [5, 5.41) is 25.1. The van der Waals surface area contributed by atoms with Crippen LogP contribution in [0.25, 0.3) is 0 Å². The minimum absolute atomic E-state index is 0.0439. The Labute approximate surface area is 283 Å². The first-order valence-corrected chi connectivity index (χ1v) is 17.0. The van der Waals surface area contributed by atoms with Gasteiger partial charge in [0.15, 0.2) is 6.61 Å². The van der Waals surface area contributed by atoms with Crippen LogP contribution in [0.2, 0.25) is 5.02 Å². The summed E-state index contributed by atoms with van der Waals surface area (Å²) < 4.78 is 23.0. The number of rotatable bonds is 7. The monoisotopic (exact) mass is 673 g/mol. The number of esters is 1. The Morgan fingerprint density at radius 2 is 1.94 bits per heavy atom. The zero-order valence-electron chi connectivity index (χ0n) is 28.6. The lowest BCUT2D eigenvalue weighted by atomic mass is 9.44. The summed E-state index contributed by atoms with van der Waals surface area (Å²) in [6.07, 6.45) is 2.25. The molecule has 0 spiro atoms. The maximum Gasteiger partial charge on any atom is 0.493 e. The molecule has 0 radical (unpaired) electrons. The molecule has 47 heavy (non-hydrogen) atoms. The number of nitrogens with one attached hydrogen (secondary N) is 1. The number of amides is 1. The van der Waals surface area contributed by atoms with E-state index in [1.54, 1.807) is 39.0 Å². The summed E-state index contributed by atoms with van der Waals surface area (Å²) >= 11 is 6.65. The average molecular weight is 674 g/mol. The SMILES string of the molecule is C=C[C@]1(C)C[C@@H](OC(=O)COc2ccc3c(c2Cl)B(O)OC3CNC(=O)OC(C)(C)C)[C@@]2(C)[C@@H]3C(=O)CC[C@@]3(CC[C@@H]2C)[C@@H](C)[C@@H]1O. The van der Waals surface area contributed by atoms with Gasteiger partial charge in [0, 0.05) is 35.2 Å². The van der Waals surface area contributed by atoms with Crippen molar-refractivity contribution in [2.75, 3.05) is 13.2 Å². The van der Waals surface area contributed by atoms with Crippen LogP contribution in [0, 0.1) is 34.0 Å². The van der Waals surface area contributed by atoms with Crippen LogP contribution in [-0.4, -0.2) is 66.1 Å². The van der Waals surface area contributed by atoms with E-state index in [1.807, 2.05) is 6.92 Å². The van der Waals surface area contributed by atoms with Gasteiger partial charge in [-0.15, -0.1) is 6.58 Å². The minimum Gasteiger partial charge on any atom is -0.480 e. The third-order valence-electron chi connectivity index (χ3n) is 11.8. The molecule has 3 fully saturated rings. The Kier molecular flexibility index (Phi) is 9.65. The fraction of sp³-hybridized carbons (Fsp3) is 0.686. The summed E-state index contributed by atoms with van der Waals surface area (Å²) in [4.78, 5) is 39.3. The van der Waals surface area contributed by atoms with Crippen molar-refractivity contribution >= 4 is 42.0 Å². The highest BCUT2D eigenvalue weighted by atomic mass is 35.5. The van der Waals surface area contributed by atoms with Crippen molar-refractivity contribution in [3.63, 3.8) is 0 Å². The Morgan fingerprint density at radius 1 is 1.23 bits per heavy atom. The molecule has 0 aromatic heterocycles. The molecule has 1 aromatic rings. The number of hydrogen-bond acceptors (Lipinski definition) is 9. The Balaban J connectivity index is 1.33. The standard InChI is InChI=1S/C35H49BClNO9/c1-9-33(7)16-25(34(8)19(2)12-14-35(20(3)30(33)41)15-13-22(39)29(34)35)45-26(40)18-44-23-11-10-21-24(47-36(43)27(21)28(23)37)17-38-31(42)46-32(4,5)6/h9-11,19-20,24-25,29-30,41,43H,1,12-18H2,2-8H3,(H,38,42)/t19-,20-,24?,25+,29-,30-,33+,34-,35-/m0/s1. The van der Waals surface area contributed by atoms with Crippen molar-refractivity contribution in [2.24, 2.45) is 34.0 Å². The van der Waals surface area contributed by atoms with E-state index in [0.29, 0.717) is 18.4 Å². The van der Waals surface area contributed by atoms with E-state index in [0.717, 1.165) is 19.3 Å². The van der Waals surface area contributed by atoms with Gasteiger partial charge in [0.25, 0.3) is 0 Å². The first kappa shape index (κ1) is 35.7. The quantitative estimate of drug-likeness (QED) is 0.209. The minimum atomic E-state index is -1.37. The van der Waals surface area contributed by atoms with Crippen molar-refractivity contribution in [1.82, 2.24) is 5.32 Å². The molecular formula is C35H49BClNO9. The van der Waals surface area contributed by atoms with E-state index >= 15 is 0 Å². The first-order chi connectivity index (χ1) is 21.9. The second kappa shape index (κ2) is 12.7. The molecule has 3 aliphatic carbocycles. The first-order valence-electron chi connectivity index (χ1n) is 16.7. The van der Waals surface area contributed by atoms with Crippen LogP contribution in [-0.2, 0) is 23.7 Å². The normalized spacial score (nSPS) is 36.5. The third-order valence-corrected chi connectivity index (χ3v) is 12.2. The van der Waals surface area contributed by atoms with Crippen LogP contribution < -0.4 is 15.5 Å². The largest absolute Gasteiger partial charge is 0.493 e. The highest BCUT2D eigenvalue weighted by Gasteiger charge is 2.68. The molecule has 1 amide bonds. The van der Waals surface area contributed by atoms with Gasteiger partial charge in [0.05, 0.1) is 17.2 Å². The number of fused-ring (bicyclic) bond motifs is 1. The summed E-state index contributed by atoms with van der Waals surface area (Å²) in [5.41, 5.74) is -1.57. The van der Waals surface area contributed by atoms with Crippen molar-refractivity contribution < 1.29 is 43.4 Å². The average Bonchev–Trinajstić information content (AvgIpc) is 3.52. The number of ketones is 1. The smallest absolute Gasteiger partial charge is 0.480 e. The third kappa shape index (κ3) is 6.22. The number of halogens is 1. The van der Waals surface area contributed by atoms with Crippen LogP contribution in [0.5, 0.6) is 5.75 Å². The Bertz CT molecular complexity index is 1430. The lowest BCUT2D eigenvalue weighted by Gasteiger charge is -2.61. The number of aliphatic hydroxyl groups excluding tert-OH is 1. The van der Waals surface area contributed by atoms with E-state index in [9.17, 15) is 24.5 Å². The number of Topliss-reactive ketones (excluding diaryl/α,β-unsaturated/α-hetero) is 1. The van der Waals surface area contributed by atoms with E-state index < -0.39 is 60.5 Å². The zero-order valence-corrected chi connectivity index (χ0v) is 29.3. The topological polar surface area (TPSA) is 141 Å². The van der Waals surface area contributed by atoms with Crippen molar-refractivity contribution in [3.05, 3.63) is 35.4 Å². The number of hydrogen-bond donors (Lipinski definition) is 3. The highest BCUT2D eigenvalue weighted by Crippen LogP contribution is 2.68. The molecule has 5 rings (SSSR count). The molecule has 12 heteroatoms. The summed E-state index contributed by atoms with van der Waals surface area (Å²) in [6.45, 7) is 17.1. The number of aliphatic hydroxyl groups is 1. The molecule has 258 valence electrons. The lowest BCUT2D eigenvalue weighted by molar-refractivity contribution is -0.207. The van der Waals surface area contributed by atoms with Gasteiger partial charge in [0.1, 0.15) is 23.2 Å². The van der Waals surface area contributed by atoms with Crippen LogP contribution in [0.3, 0.4) is 0 Å². The number of carbonyl (C=O) groups excluding carboxylic acids is 3. The summed E-state index contributed by atoms with van der Waals surface area (Å²) in [5.74, 6) is -0.644.